The number of nitrogens with one attached hydrogen (secondary N) is 1. The minimum Gasteiger partial charge on any atom is -0.307 e. The topological polar surface area (TPSA) is 12.0 Å². The fraction of sp³-hybridized carbons (Fsp3) is 0.700. The maximum absolute atomic E-state index is 3.87. The van der Waals surface area contributed by atoms with E-state index < -0.39 is 0 Å². The molecule has 0 aromatic heterocycles. The lowest BCUT2D eigenvalue weighted by molar-refractivity contribution is 0.327. The molecule has 118 valence electrons. The summed E-state index contributed by atoms with van der Waals surface area (Å²) < 4.78 is 0. The highest BCUT2D eigenvalue weighted by Crippen LogP contribution is 2.35. The SMILES string of the molecule is CCC1CCC(NC(C)c2ccc(CC(C)C)cc2)C1C. The molecule has 1 aliphatic carbocycles. The molecule has 2 rings (SSSR count). The number of hydrogen-bond donors (Lipinski definition) is 1. The Bertz CT molecular complexity index is 420. The van der Waals surface area contributed by atoms with Crippen LogP contribution in [-0.2, 0) is 6.42 Å². The Labute approximate surface area is 131 Å². The molecule has 0 spiro atoms. The normalized spacial score (nSPS) is 27.2. The van der Waals surface area contributed by atoms with E-state index in [2.05, 4.69) is 64.2 Å². The van der Waals surface area contributed by atoms with Crippen molar-refractivity contribution in [2.24, 2.45) is 17.8 Å². The molecular weight excluding hydrogens is 254 g/mol. The minimum absolute atomic E-state index is 0.459. The Balaban J connectivity index is 1.93. The average Bonchev–Trinajstić information content (AvgIpc) is 2.79. The molecule has 1 N–H and O–H groups in total. The molecular formula is C20H33N. The zero-order valence-electron chi connectivity index (χ0n) is 14.5. The van der Waals surface area contributed by atoms with Crippen molar-refractivity contribution in [3.8, 4) is 0 Å². The van der Waals surface area contributed by atoms with Crippen molar-refractivity contribution in [3.05, 3.63) is 35.4 Å². The maximum atomic E-state index is 3.87. The summed E-state index contributed by atoms with van der Waals surface area (Å²) in [5, 5.41) is 3.87. The molecule has 4 unspecified atom stereocenters. The Morgan fingerprint density at radius 2 is 1.76 bits per heavy atom. The maximum Gasteiger partial charge on any atom is 0.0294 e. The van der Waals surface area contributed by atoms with Crippen molar-refractivity contribution in [2.45, 2.75) is 72.4 Å². The molecule has 1 nitrogen and oxygen atoms in total. The molecule has 0 radical (unpaired) electrons. The monoisotopic (exact) mass is 287 g/mol. The van der Waals surface area contributed by atoms with Crippen LogP contribution in [-0.4, -0.2) is 6.04 Å². The minimum atomic E-state index is 0.459. The third kappa shape index (κ3) is 4.32. The molecule has 4 atom stereocenters. The van der Waals surface area contributed by atoms with E-state index in [1.165, 1.54) is 36.8 Å². The van der Waals surface area contributed by atoms with Crippen LogP contribution in [0.3, 0.4) is 0 Å². The Morgan fingerprint density at radius 1 is 1.10 bits per heavy atom. The van der Waals surface area contributed by atoms with Gasteiger partial charge in [0.1, 0.15) is 0 Å². The fourth-order valence-corrected chi connectivity index (χ4v) is 3.89. The molecule has 0 amide bonds. The van der Waals surface area contributed by atoms with Gasteiger partial charge in [0.2, 0.25) is 0 Å². The predicted molar refractivity (Wildman–Crippen MR) is 92.5 cm³/mol. The van der Waals surface area contributed by atoms with E-state index in [-0.39, 0.29) is 0 Å². The largest absolute Gasteiger partial charge is 0.307 e. The Hall–Kier alpha value is -0.820. The van der Waals surface area contributed by atoms with E-state index in [1.54, 1.807) is 0 Å². The molecule has 1 saturated carbocycles. The highest BCUT2D eigenvalue weighted by atomic mass is 15.0. The first-order chi connectivity index (χ1) is 10.0. The lowest BCUT2D eigenvalue weighted by Crippen LogP contribution is -2.34. The Kier molecular flexibility index (Phi) is 5.87. The van der Waals surface area contributed by atoms with Crippen molar-refractivity contribution in [3.63, 3.8) is 0 Å². The third-order valence-corrected chi connectivity index (χ3v) is 5.34. The van der Waals surface area contributed by atoms with Crippen LogP contribution in [0, 0.1) is 17.8 Å². The van der Waals surface area contributed by atoms with Gasteiger partial charge in [-0.1, -0.05) is 58.4 Å². The number of rotatable bonds is 6. The van der Waals surface area contributed by atoms with E-state index in [4.69, 9.17) is 0 Å². The van der Waals surface area contributed by atoms with Gasteiger partial charge in [-0.2, -0.15) is 0 Å². The molecule has 1 heteroatoms. The van der Waals surface area contributed by atoms with Gasteiger partial charge < -0.3 is 5.32 Å². The summed E-state index contributed by atoms with van der Waals surface area (Å²) in [6.07, 6.45) is 5.25. The number of benzene rings is 1. The zero-order chi connectivity index (χ0) is 15.4. The smallest absolute Gasteiger partial charge is 0.0294 e. The molecule has 21 heavy (non-hydrogen) atoms. The zero-order valence-corrected chi connectivity index (χ0v) is 14.5. The summed E-state index contributed by atoms with van der Waals surface area (Å²) in [5.74, 6) is 2.47. The van der Waals surface area contributed by atoms with Crippen LogP contribution in [0.5, 0.6) is 0 Å². The predicted octanol–water partition coefficient (Wildman–Crippen LogP) is 5.36. The second kappa shape index (κ2) is 7.45. The second-order valence-electron chi connectivity index (χ2n) is 7.44. The summed E-state index contributed by atoms with van der Waals surface area (Å²) in [6, 6.07) is 10.4. The van der Waals surface area contributed by atoms with Crippen LogP contribution in [0.25, 0.3) is 0 Å². The fourth-order valence-electron chi connectivity index (χ4n) is 3.89. The molecule has 0 heterocycles. The number of hydrogen-bond acceptors (Lipinski definition) is 1. The molecule has 0 aliphatic heterocycles. The van der Waals surface area contributed by atoms with Gasteiger partial charge in [0.25, 0.3) is 0 Å². The lowest BCUT2D eigenvalue weighted by Gasteiger charge is -2.25. The van der Waals surface area contributed by atoms with Crippen LogP contribution in [0.2, 0.25) is 0 Å². The molecule has 1 aromatic rings. The summed E-state index contributed by atoms with van der Waals surface area (Å²) >= 11 is 0. The standard InChI is InChI=1S/C20H33N/c1-6-18-11-12-20(15(18)4)21-16(5)19-9-7-17(8-10-19)13-14(2)3/h7-10,14-16,18,20-21H,6,11-13H2,1-5H3. The molecule has 1 aromatic carbocycles. The van der Waals surface area contributed by atoms with Crippen molar-refractivity contribution >= 4 is 0 Å². The first-order valence-electron chi connectivity index (χ1n) is 8.86. The van der Waals surface area contributed by atoms with Crippen LogP contribution < -0.4 is 5.32 Å². The van der Waals surface area contributed by atoms with E-state index in [0.717, 1.165) is 17.8 Å². The van der Waals surface area contributed by atoms with Crippen LogP contribution in [0.1, 0.15) is 71.0 Å². The average molecular weight is 287 g/mol. The first-order valence-corrected chi connectivity index (χ1v) is 8.86. The summed E-state index contributed by atoms with van der Waals surface area (Å²) in [4.78, 5) is 0. The third-order valence-electron chi connectivity index (χ3n) is 5.34. The lowest BCUT2D eigenvalue weighted by atomic mass is 9.93. The van der Waals surface area contributed by atoms with Crippen LogP contribution >= 0.6 is 0 Å². The molecule has 0 bridgehead atoms. The summed E-state index contributed by atoms with van der Waals surface area (Å²) in [5.41, 5.74) is 2.89. The van der Waals surface area contributed by atoms with E-state index in [9.17, 15) is 0 Å². The highest BCUT2D eigenvalue weighted by Gasteiger charge is 2.32. The molecule has 0 saturated heterocycles. The van der Waals surface area contributed by atoms with Crippen molar-refractivity contribution in [1.29, 1.82) is 0 Å². The van der Waals surface area contributed by atoms with Gasteiger partial charge in [-0.3, -0.25) is 0 Å². The second-order valence-corrected chi connectivity index (χ2v) is 7.44. The van der Waals surface area contributed by atoms with Gasteiger partial charge >= 0.3 is 0 Å². The van der Waals surface area contributed by atoms with Crippen molar-refractivity contribution < 1.29 is 0 Å². The van der Waals surface area contributed by atoms with E-state index in [0.29, 0.717) is 12.1 Å². The van der Waals surface area contributed by atoms with E-state index in [1.807, 2.05) is 0 Å². The molecule has 1 fully saturated rings. The van der Waals surface area contributed by atoms with Gasteiger partial charge in [-0.25, -0.2) is 0 Å². The van der Waals surface area contributed by atoms with Crippen molar-refractivity contribution in [2.75, 3.05) is 0 Å². The van der Waals surface area contributed by atoms with Gasteiger partial charge in [-0.15, -0.1) is 0 Å². The van der Waals surface area contributed by atoms with E-state index >= 15 is 0 Å². The van der Waals surface area contributed by atoms with Gasteiger partial charge in [-0.05, 0) is 55.1 Å². The first kappa shape index (κ1) is 16.5. The van der Waals surface area contributed by atoms with Crippen LogP contribution in [0.4, 0.5) is 0 Å². The Morgan fingerprint density at radius 3 is 2.29 bits per heavy atom. The highest BCUT2D eigenvalue weighted by molar-refractivity contribution is 5.25. The van der Waals surface area contributed by atoms with Gasteiger partial charge in [0.15, 0.2) is 0 Å². The van der Waals surface area contributed by atoms with Gasteiger partial charge in [0, 0.05) is 12.1 Å². The van der Waals surface area contributed by atoms with Gasteiger partial charge in [0.05, 0.1) is 0 Å². The van der Waals surface area contributed by atoms with Crippen molar-refractivity contribution in [1.82, 2.24) is 5.32 Å². The quantitative estimate of drug-likeness (QED) is 0.742. The summed E-state index contributed by atoms with van der Waals surface area (Å²) in [7, 11) is 0. The summed E-state index contributed by atoms with van der Waals surface area (Å²) in [6.45, 7) is 11.6. The van der Waals surface area contributed by atoms with Crippen LogP contribution in [0.15, 0.2) is 24.3 Å². The molecule has 1 aliphatic rings.